The summed E-state index contributed by atoms with van der Waals surface area (Å²) >= 11 is 7.55. The Morgan fingerprint density at radius 2 is 1.89 bits per heavy atom. The normalized spacial score (nSPS) is 10.3. The highest BCUT2D eigenvalue weighted by molar-refractivity contribution is 7.98. The van der Waals surface area contributed by atoms with Crippen LogP contribution in [0.4, 0.5) is 11.5 Å². The molecule has 0 aliphatic heterocycles. The average molecular weight is 293 g/mol. The highest BCUT2D eigenvalue weighted by Crippen LogP contribution is 2.23. The van der Waals surface area contributed by atoms with E-state index in [1.54, 1.807) is 23.9 Å². The topological polar surface area (TPSA) is 42.0 Å². The van der Waals surface area contributed by atoms with Gasteiger partial charge < -0.3 is 5.32 Å². The Kier molecular flexibility index (Phi) is 4.45. The minimum Gasteiger partial charge on any atom is -0.340 e. The third kappa shape index (κ3) is 3.49. The Bertz CT molecular complexity index is 599. The zero-order valence-electron chi connectivity index (χ0n) is 10.6. The van der Waals surface area contributed by atoms with Crippen molar-refractivity contribution in [2.45, 2.75) is 11.8 Å². The molecule has 0 unspecified atom stereocenters. The van der Waals surface area contributed by atoms with Gasteiger partial charge >= 0.3 is 0 Å². The SMILES string of the molecule is CSc1ccc(Nc2nc(Cl)ccc2C(C)=O)cc1. The van der Waals surface area contributed by atoms with Crippen LogP contribution < -0.4 is 5.32 Å². The molecule has 0 saturated heterocycles. The number of benzene rings is 1. The molecule has 1 heterocycles. The van der Waals surface area contributed by atoms with Crippen molar-refractivity contribution in [2.24, 2.45) is 0 Å². The van der Waals surface area contributed by atoms with Crippen LogP contribution in [0.2, 0.25) is 5.15 Å². The Balaban J connectivity index is 2.31. The quantitative estimate of drug-likeness (QED) is 0.515. The number of halogens is 1. The minimum absolute atomic E-state index is 0.0487. The van der Waals surface area contributed by atoms with Crippen molar-refractivity contribution in [3.63, 3.8) is 0 Å². The second-order valence-corrected chi connectivity index (χ2v) is 5.21. The summed E-state index contributed by atoms with van der Waals surface area (Å²) in [5.41, 5.74) is 1.40. The summed E-state index contributed by atoms with van der Waals surface area (Å²) in [6, 6.07) is 11.2. The average Bonchev–Trinajstić information content (AvgIpc) is 2.39. The van der Waals surface area contributed by atoms with Gasteiger partial charge in [-0.05, 0) is 49.6 Å². The van der Waals surface area contributed by atoms with Crippen molar-refractivity contribution in [1.29, 1.82) is 0 Å². The zero-order chi connectivity index (χ0) is 13.8. The molecule has 1 N–H and O–H groups in total. The fraction of sp³-hybridized carbons (Fsp3) is 0.143. The third-order valence-corrected chi connectivity index (χ3v) is 3.55. The molecule has 0 atom stereocenters. The Morgan fingerprint density at radius 3 is 2.47 bits per heavy atom. The smallest absolute Gasteiger partial charge is 0.163 e. The van der Waals surface area contributed by atoms with Gasteiger partial charge in [-0.25, -0.2) is 4.98 Å². The van der Waals surface area contributed by atoms with E-state index in [-0.39, 0.29) is 5.78 Å². The van der Waals surface area contributed by atoms with Crippen molar-refractivity contribution in [2.75, 3.05) is 11.6 Å². The number of thioether (sulfide) groups is 1. The molecule has 0 amide bonds. The predicted octanol–water partition coefficient (Wildman–Crippen LogP) is 4.40. The molecule has 0 bridgehead atoms. The summed E-state index contributed by atoms with van der Waals surface area (Å²) in [5, 5.41) is 3.48. The summed E-state index contributed by atoms with van der Waals surface area (Å²) in [5.74, 6) is 0.435. The Hall–Kier alpha value is -1.52. The third-order valence-electron chi connectivity index (χ3n) is 2.59. The van der Waals surface area contributed by atoms with E-state index in [0.29, 0.717) is 16.5 Å². The zero-order valence-corrected chi connectivity index (χ0v) is 12.2. The van der Waals surface area contributed by atoms with Crippen molar-refractivity contribution < 1.29 is 4.79 Å². The number of Topliss-reactive ketones (excluding diaryl/α,β-unsaturated/α-hetero) is 1. The molecule has 19 heavy (non-hydrogen) atoms. The van der Waals surface area contributed by atoms with Crippen LogP contribution in [0.25, 0.3) is 0 Å². The number of hydrogen-bond acceptors (Lipinski definition) is 4. The minimum atomic E-state index is -0.0487. The molecular formula is C14H13ClN2OS. The van der Waals surface area contributed by atoms with Gasteiger partial charge in [0, 0.05) is 10.6 Å². The van der Waals surface area contributed by atoms with Crippen molar-refractivity contribution in [3.8, 4) is 0 Å². The second-order valence-electron chi connectivity index (χ2n) is 3.94. The van der Waals surface area contributed by atoms with Gasteiger partial charge in [0.2, 0.25) is 0 Å². The van der Waals surface area contributed by atoms with E-state index in [1.165, 1.54) is 11.8 Å². The maximum Gasteiger partial charge on any atom is 0.163 e. The maximum absolute atomic E-state index is 11.5. The Labute approximate surface area is 121 Å². The number of aromatic nitrogens is 1. The summed E-state index contributed by atoms with van der Waals surface area (Å²) in [6.45, 7) is 1.51. The van der Waals surface area contributed by atoms with Crippen molar-refractivity contribution >= 4 is 40.7 Å². The summed E-state index contributed by atoms with van der Waals surface area (Å²) in [6.07, 6.45) is 2.02. The van der Waals surface area contributed by atoms with Crippen LogP contribution in [-0.4, -0.2) is 17.0 Å². The monoisotopic (exact) mass is 292 g/mol. The van der Waals surface area contributed by atoms with E-state index in [2.05, 4.69) is 10.3 Å². The van der Waals surface area contributed by atoms with Gasteiger partial charge in [-0.3, -0.25) is 4.79 Å². The molecule has 0 spiro atoms. The number of hydrogen-bond donors (Lipinski definition) is 1. The van der Waals surface area contributed by atoms with E-state index < -0.39 is 0 Å². The van der Waals surface area contributed by atoms with E-state index in [4.69, 9.17) is 11.6 Å². The number of pyridine rings is 1. The van der Waals surface area contributed by atoms with E-state index >= 15 is 0 Å². The number of anilines is 2. The standard InChI is InChI=1S/C14H13ClN2OS/c1-9(18)12-7-8-13(15)17-14(12)16-10-3-5-11(19-2)6-4-10/h3-8H,1-2H3,(H,16,17). The molecular weight excluding hydrogens is 280 g/mol. The van der Waals surface area contributed by atoms with Crippen LogP contribution >= 0.6 is 23.4 Å². The molecule has 0 fully saturated rings. The number of carbonyl (C=O) groups excluding carboxylic acids is 1. The summed E-state index contributed by atoms with van der Waals surface area (Å²) < 4.78 is 0. The lowest BCUT2D eigenvalue weighted by atomic mass is 10.2. The molecule has 1 aromatic carbocycles. The number of ketones is 1. The molecule has 0 radical (unpaired) electrons. The first-order valence-electron chi connectivity index (χ1n) is 5.68. The van der Waals surface area contributed by atoms with Crippen LogP contribution in [0.3, 0.4) is 0 Å². The predicted molar refractivity (Wildman–Crippen MR) is 80.8 cm³/mol. The fourth-order valence-corrected chi connectivity index (χ4v) is 2.18. The first kappa shape index (κ1) is 13.9. The van der Waals surface area contributed by atoms with Crippen LogP contribution in [0.15, 0.2) is 41.3 Å². The lowest BCUT2D eigenvalue weighted by Crippen LogP contribution is -2.02. The van der Waals surface area contributed by atoms with Gasteiger partial charge in [-0.15, -0.1) is 11.8 Å². The number of nitrogens with one attached hydrogen (secondary N) is 1. The van der Waals surface area contributed by atoms with E-state index in [1.807, 2.05) is 30.5 Å². The van der Waals surface area contributed by atoms with Crippen LogP contribution in [0, 0.1) is 0 Å². The van der Waals surface area contributed by atoms with Gasteiger partial charge in [-0.2, -0.15) is 0 Å². The molecule has 3 nitrogen and oxygen atoms in total. The summed E-state index contributed by atoms with van der Waals surface area (Å²) in [4.78, 5) is 16.9. The molecule has 0 aliphatic carbocycles. The maximum atomic E-state index is 11.5. The molecule has 5 heteroatoms. The van der Waals surface area contributed by atoms with Gasteiger partial charge in [0.25, 0.3) is 0 Å². The Morgan fingerprint density at radius 1 is 1.21 bits per heavy atom. The fourth-order valence-electron chi connectivity index (χ4n) is 1.63. The molecule has 2 rings (SSSR count). The molecule has 0 aliphatic rings. The van der Waals surface area contributed by atoms with Crippen LogP contribution in [0.1, 0.15) is 17.3 Å². The lowest BCUT2D eigenvalue weighted by Gasteiger charge is -2.10. The molecule has 98 valence electrons. The highest BCUT2D eigenvalue weighted by Gasteiger charge is 2.09. The van der Waals surface area contributed by atoms with E-state index in [0.717, 1.165) is 5.69 Å². The molecule has 0 saturated carbocycles. The van der Waals surface area contributed by atoms with Gasteiger partial charge in [0.15, 0.2) is 5.78 Å². The first-order chi connectivity index (χ1) is 9.10. The van der Waals surface area contributed by atoms with Crippen LogP contribution in [0.5, 0.6) is 0 Å². The van der Waals surface area contributed by atoms with Gasteiger partial charge in [-0.1, -0.05) is 11.6 Å². The number of nitrogens with zero attached hydrogens (tertiary/aromatic N) is 1. The van der Waals surface area contributed by atoms with Crippen LogP contribution in [-0.2, 0) is 0 Å². The molecule has 1 aromatic heterocycles. The van der Waals surface area contributed by atoms with Crippen molar-refractivity contribution in [3.05, 3.63) is 47.1 Å². The number of carbonyl (C=O) groups is 1. The summed E-state index contributed by atoms with van der Waals surface area (Å²) in [7, 11) is 0. The second kappa shape index (κ2) is 6.08. The van der Waals surface area contributed by atoms with Gasteiger partial charge in [0.1, 0.15) is 11.0 Å². The van der Waals surface area contributed by atoms with E-state index in [9.17, 15) is 4.79 Å². The van der Waals surface area contributed by atoms with Crippen molar-refractivity contribution in [1.82, 2.24) is 4.98 Å². The largest absolute Gasteiger partial charge is 0.340 e. The lowest BCUT2D eigenvalue weighted by molar-refractivity contribution is 0.101. The highest BCUT2D eigenvalue weighted by atomic mass is 35.5. The number of rotatable bonds is 4. The molecule has 2 aromatic rings. The first-order valence-corrected chi connectivity index (χ1v) is 7.29. The van der Waals surface area contributed by atoms with Gasteiger partial charge in [0.05, 0.1) is 5.56 Å².